The molecule has 0 spiro atoms. The van der Waals surface area contributed by atoms with Gasteiger partial charge >= 0.3 is 6.03 Å². The van der Waals surface area contributed by atoms with Crippen LogP contribution in [0.2, 0.25) is 0 Å². The Morgan fingerprint density at radius 1 is 1.36 bits per heavy atom. The number of amides is 1. The number of benzene rings is 1. The van der Waals surface area contributed by atoms with Crippen LogP contribution in [0, 0.1) is 0 Å². The van der Waals surface area contributed by atoms with Gasteiger partial charge in [-0.1, -0.05) is 31.2 Å². The van der Waals surface area contributed by atoms with Crippen molar-refractivity contribution in [3.8, 4) is 0 Å². The number of hydrogen-bond donors (Lipinski definition) is 1. The molecule has 1 heterocycles. The average molecular weight is 192 g/mol. The van der Waals surface area contributed by atoms with E-state index in [0.29, 0.717) is 11.0 Å². The molecule has 0 atom stereocenters. The molecule has 1 amide bonds. The van der Waals surface area contributed by atoms with E-state index in [4.69, 9.17) is 5.73 Å². The summed E-state index contributed by atoms with van der Waals surface area (Å²) in [6.45, 7) is 4.00. The van der Waals surface area contributed by atoms with Crippen LogP contribution in [-0.2, 0) is 0 Å². The lowest BCUT2D eigenvalue weighted by atomic mass is 10.3. The standard InChI is InChI=1S/C7H6N4O.C2H6/c8-7(12)11-6-4-2-1-3-5(6)9-10-11;1-2/h1-4H,(H2,8,12);1-2H3. The van der Waals surface area contributed by atoms with E-state index in [1.54, 1.807) is 18.2 Å². The van der Waals surface area contributed by atoms with Crippen molar-refractivity contribution in [2.24, 2.45) is 5.73 Å². The van der Waals surface area contributed by atoms with Crippen LogP contribution in [0.3, 0.4) is 0 Å². The minimum atomic E-state index is -0.622. The van der Waals surface area contributed by atoms with Gasteiger partial charge in [0.25, 0.3) is 0 Å². The molecule has 0 saturated heterocycles. The summed E-state index contributed by atoms with van der Waals surface area (Å²) in [6, 6.07) is 6.50. The van der Waals surface area contributed by atoms with E-state index in [0.717, 1.165) is 4.68 Å². The van der Waals surface area contributed by atoms with E-state index in [1.807, 2.05) is 19.9 Å². The molecular formula is C9H12N4O. The van der Waals surface area contributed by atoms with Gasteiger partial charge < -0.3 is 5.73 Å². The molecule has 2 rings (SSSR count). The Hall–Kier alpha value is -1.91. The van der Waals surface area contributed by atoms with Crippen molar-refractivity contribution in [2.75, 3.05) is 0 Å². The summed E-state index contributed by atoms with van der Waals surface area (Å²) in [5.74, 6) is 0. The summed E-state index contributed by atoms with van der Waals surface area (Å²) in [7, 11) is 0. The van der Waals surface area contributed by atoms with E-state index in [2.05, 4.69) is 10.3 Å². The van der Waals surface area contributed by atoms with Crippen molar-refractivity contribution in [3.05, 3.63) is 24.3 Å². The lowest BCUT2D eigenvalue weighted by Crippen LogP contribution is -2.20. The van der Waals surface area contributed by atoms with Gasteiger partial charge in [-0.2, -0.15) is 4.68 Å². The third-order valence-electron chi connectivity index (χ3n) is 1.56. The van der Waals surface area contributed by atoms with E-state index in [1.165, 1.54) is 0 Å². The van der Waals surface area contributed by atoms with Gasteiger partial charge in [0.05, 0.1) is 5.52 Å². The Morgan fingerprint density at radius 3 is 2.64 bits per heavy atom. The fraction of sp³-hybridized carbons (Fsp3) is 0.222. The van der Waals surface area contributed by atoms with Crippen LogP contribution >= 0.6 is 0 Å². The molecule has 5 nitrogen and oxygen atoms in total. The van der Waals surface area contributed by atoms with Crippen LogP contribution in [0.1, 0.15) is 13.8 Å². The smallest absolute Gasteiger partial charge is 0.341 e. The second kappa shape index (κ2) is 4.36. The Kier molecular flexibility index (Phi) is 3.17. The molecule has 0 bridgehead atoms. The number of carbonyl (C=O) groups is 1. The number of carbonyl (C=O) groups excluding carboxylic acids is 1. The number of para-hydroxylation sites is 1. The van der Waals surface area contributed by atoms with Crippen LogP contribution in [0.15, 0.2) is 24.3 Å². The minimum Gasteiger partial charge on any atom is -0.350 e. The molecule has 0 saturated carbocycles. The number of aromatic nitrogens is 3. The summed E-state index contributed by atoms with van der Waals surface area (Å²) in [6.07, 6.45) is 0. The molecule has 0 unspecified atom stereocenters. The summed E-state index contributed by atoms with van der Waals surface area (Å²) >= 11 is 0. The first-order valence-corrected chi connectivity index (χ1v) is 4.39. The molecule has 2 aromatic rings. The van der Waals surface area contributed by atoms with E-state index < -0.39 is 6.03 Å². The lowest BCUT2D eigenvalue weighted by molar-refractivity contribution is 0.248. The molecule has 5 heteroatoms. The van der Waals surface area contributed by atoms with Gasteiger partial charge in [-0.05, 0) is 12.1 Å². The molecule has 0 radical (unpaired) electrons. The van der Waals surface area contributed by atoms with Crippen molar-refractivity contribution in [1.82, 2.24) is 15.0 Å². The molecule has 0 aliphatic heterocycles. The fourth-order valence-electron chi connectivity index (χ4n) is 1.03. The predicted octanol–water partition coefficient (Wildman–Crippen LogP) is 1.38. The Morgan fingerprint density at radius 2 is 2.00 bits per heavy atom. The molecule has 2 N–H and O–H groups in total. The average Bonchev–Trinajstić information content (AvgIpc) is 2.64. The SMILES string of the molecule is CC.NC(=O)n1nnc2ccccc21. The van der Waals surface area contributed by atoms with E-state index in [9.17, 15) is 4.79 Å². The van der Waals surface area contributed by atoms with Gasteiger partial charge in [-0.15, -0.1) is 5.10 Å². The van der Waals surface area contributed by atoms with Crippen LogP contribution < -0.4 is 5.73 Å². The highest BCUT2D eigenvalue weighted by atomic mass is 16.2. The number of fused-ring (bicyclic) bond motifs is 1. The highest BCUT2D eigenvalue weighted by Gasteiger charge is 2.05. The highest BCUT2D eigenvalue weighted by Crippen LogP contribution is 2.08. The lowest BCUT2D eigenvalue weighted by Gasteiger charge is -1.91. The molecule has 0 aliphatic rings. The van der Waals surface area contributed by atoms with Crippen molar-refractivity contribution >= 4 is 17.1 Å². The van der Waals surface area contributed by atoms with Gasteiger partial charge in [-0.25, -0.2) is 4.79 Å². The Bertz CT molecular complexity index is 435. The third kappa shape index (κ3) is 1.71. The number of hydrogen-bond acceptors (Lipinski definition) is 3. The zero-order chi connectivity index (χ0) is 10.6. The third-order valence-corrected chi connectivity index (χ3v) is 1.56. The highest BCUT2D eigenvalue weighted by molar-refractivity contribution is 5.86. The monoisotopic (exact) mass is 192 g/mol. The fourth-order valence-corrected chi connectivity index (χ4v) is 1.03. The number of rotatable bonds is 0. The van der Waals surface area contributed by atoms with Gasteiger partial charge in [0.1, 0.15) is 5.52 Å². The first-order valence-electron chi connectivity index (χ1n) is 4.39. The summed E-state index contributed by atoms with van der Waals surface area (Å²) in [4.78, 5) is 10.8. The molecular weight excluding hydrogens is 180 g/mol. The first-order chi connectivity index (χ1) is 6.79. The van der Waals surface area contributed by atoms with Crippen LogP contribution in [0.25, 0.3) is 11.0 Å². The number of nitrogens with two attached hydrogens (primary N) is 1. The maximum Gasteiger partial charge on any atom is 0.341 e. The molecule has 1 aromatic carbocycles. The normalized spacial score (nSPS) is 9.29. The summed E-state index contributed by atoms with van der Waals surface area (Å²) in [5, 5.41) is 7.34. The van der Waals surface area contributed by atoms with E-state index >= 15 is 0 Å². The van der Waals surface area contributed by atoms with E-state index in [-0.39, 0.29) is 0 Å². The van der Waals surface area contributed by atoms with Crippen LogP contribution in [0.4, 0.5) is 4.79 Å². The zero-order valence-corrected chi connectivity index (χ0v) is 8.14. The maximum absolute atomic E-state index is 10.8. The van der Waals surface area contributed by atoms with Crippen molar-refractivity contribution in [3.63, 3.8) is 0 Å². The number of primary amides is 1. The maximum atomic E-state index is 10.8. The zero-order valence-electron chi connectivity index (χ0n) is 8.14. The molecule has 1 aromatic heterocycles. The predicted molar refractivity (Wildman–Crippen MR) is 53.9 cm³/mol. The van der Waals surface area contributed by atoms with Gasteiger partial charge in [0.15, 0.2) is 0 Å². The van der Waals surface area contributed by atoms with Gasteiger partial charge in [-0.3, -0.25) is 0 Å². The first kappa shape index (κ1) is 10.2. The topological polar surface area (TPSA) is 73.8 Å². The largest absolute Gasteiger partial charge is 0.350 e. The molecule has 0 aliphatic carbocycles. The second-order valence-electron chi connectivity index (χ2n) is 2.33. The summed E-state index contributed by atoms with van der Waals surface area (Å²) < 4.78 is 1.06. The Labute approximate surface area is 81.5 Å². The van der Waals surface area contributed by atoms with Crippen molar-refractivity contribution < 1.29 is 4.79 Å². The Balaban J connectivity index is 0.000000461. The quantitative estimate of drug-likeness (QED) is 0.685. The van der Waals surface area contributed by atoms with Crippen molar-refractivity contribution in [2.45, 2.75) is 13.8 Å². The second-order valence-corrected chi connectivity index (χ2v) is 2.33. The van der Waals surface area contributed by atoms with Crippen molar-refractivity contribution in [1.29, 1.82) is 0 Å². The van der Waals surface area contributed by atoms with Crippen LogP contribution in [-0.4, -0.2) is 21.0 Å². The van der Waals surface area contributed by atoms with Gasteiger partial charge in [0.2, 0.25) is 0 Å². The molecule has 14 heavy (non-hydrogen) atoms. The van der Waals surface area contributed by atoms with Gasteiger partial charge in [0, 0.05) is 0 Å². The number of nitrogens with zero attached hydrogens (tertiary/aromatic N) is 3. The van der Waals surface area contributed by atoms with Crippen LogP contribution in [0.5, 0.6) is 0 Å². The molecule has 74 valence electrons. The summed E-state index contributed by atoms with van der Waals surface area (Å²) in [5.41, 5.74) is 6.34. The minimum absolute atomic E-state index is 0.622. The molecule has 0 fully saturated rings.